The smallest absolute Gasteiger partial charge is 0.229 e. The third-order valence-corrected chi connectivity index (χ3v) is 4.32. The lowest BCUT2D eigenvalue weighted by Gasteiger charge is -2.19. The molecule has 27 heavy (non-hydrogen) atoms. The Balaban J connectivity index is 1.77. The SMILES string of the molecule is COc1ccc(C)cc1Nc1nc(C)cc(N(C)CCc2ccncc2)n1. The molecule has 0 aliphatic carbocycles. The van der Waals surface area contributed by atoms with Crippen molar-refractivity contribution in [1.82, 2.24) is 15.0 Å². The maximum atomic E-state index is 5.43. The van der Waals surface area contributed by atoms with Gasteiger partial charge in [0.15, 0.2) is 0 Å². The molecule has 3 rings (SSSR count). The van der Waals surface area contributed by atoms with Crippen LogP contribution in [0.3, 0.4) is 0 Å². The first-order chi connectivity index (χ1) is 13.0. The number of nitrogens with one attached hydrogen (secondary N) is 1. The third kappa shape index (κ3) is 4.94. The predicted molar refractivity (Wildman–Crippen MR) is 109 cm³/mol. The van der Waals surface area contributed by atoms with Crippen LogP contribution in [0.25, 0.3) is 0 Å². The monoisotopic (exact) mass is 363 g/mol. The van der Waals surface area contributed by atoms with Crippen LogP contribution >= 0.6 is 0 Å². The van der Waals surface area contributed by atoms with Crippen LogP contribution in [-0.2, 0) is 6.42 Å². The molecule has 0 saturated carbocycles. The number of nitrogens with zero attached hydrogens (tertiary/aromatic N) is 4. The number of methoxy groups -OCH3 is 1. The van der Waals surface area contributed by atoms with Gasteiger partial charge in [0.25, 0.3) is 0 Å². The summed E-state index contributed by atoms with van der Waals surface area (Å²) < 4.78 is 5.43. The summed E-state index contributed by atoms with van der Waals surface area (Å²) in [6, 6.07) is 12.0. The molecule has 2 heterocycles. The third-order valence-electron chi connectivity index (χ3n) is 4.32. The van der Waals surface area contributed by atoms with Crippen molar-refractivity contribution in [1.29, 1.82) is 0 Å². The van der Waals surface area contributed by atoms with Crippen LogP contribution in [0.15, 0.2) is 48.8 Å². The Labute approximate surface area is 160 Å². The molecule has 0 atom stereocenters. The van der Waals surface area contributed by atoms with E-state index in [0.29, 0.717) is 5.95 Å². The van der Waals surface area contributed by atoms with Crippen molar-refractivity contribution in [2.45, 2.75) is 20.3 Å². The molecule has 1 aromatic carbocycles. The Morgan fingerprint density at radius 3 is 2.56 bits per heavy atom. The minimum atomic E-state index is 0.560. The van der Waals surface area contributed by atoms with E-state index < -0.39 is 0 Å². The van der Waals surface area contributed by atoms with Crippen LogP contribution in [0.2, 0.25) is 0 Å². The zero-order valence-electron chi connectivity index (χ0n) is 16.2. The number of aromatic nitrogens is 3. The van der Waals surface area contributed by atoms with Crippen molar-refractivity contribution in [2.24, 2.45) is 0 Å². The lowest BCUT2D eigenvalue weighted by Crippen LogP contribution is -2.22. The number of aryl methyl sites for hydroxylation is 2. The lowest BCUT2D eigenvalue weighted by molar-refractivity contribution is 0.416. The molecule has 0 aliphatic heterocycles. The second-order valence-electron chi connectivity index (χ2n) is 6.55. The fraction of sp³-hybridized carbons (Fsp3) is 0.286. The number of hydrogen-bond acceptors (Lipinski definition) is 6. The number of benzene rings is 1. The highest BCUT2D eigenvalue weighted by atomic mass is 16.5. The summed E-state index contributed by atoms with van der Waals surface area (Å²) in [4.78, 5) is 15.4. The van der Waals surface area contributed by atoms with Crippen molar-refractivity contribution in [3.63, 3.8) is 0 Å². The van der Waals surface area contributed by atoms with Crippen molar-refractivity contribution < 1.29 is 4.74 Å². The van der Waals surface area contributed by atoms with E-state index in [2.05, 4.69) is 25.2 Å². The average molecular weight is 363 g/mol. The molecule has 0 aliphatic rings. The molecule has 0 amide bonds. The van der Waals surface area contributed by atoms with Gasteiger partial charge in [0.05, 0.1) is 12.8 Å². The molecular weight excluding hydrogens is 338 g/mol. The predicted octanol–water partition coefficient (Wildman–Crippen LogP) is 3.92. The summed E-state index contributed by atoms with van der Waals surface area (Å²) in [5, 5.41) is 3.29. The van der Waals surface area contributed by atoms with E-state index in [0.717, 1.165) is 41.5 Å². The number of anilines is 3. The normalized spacial score (nSPS) is 10.5. The number of pyridine rings is 1. The summed E-state index contributed by atoms with van der Waals surface area (Å²) in [7, 11) is 3.70. The number of likely N-dealkylation sites (N-methyl/N-ethyl adjacent to an activating group) is 1. The molecule has 0 fully saturated rings. The molecular formula is C21H25N5O. The lowest BCUT2D eigenvalue weighted by atomic mass is 10.2. The Hall–Kier alpha value is -3.15. The van der Waals surface area contributed by atoms with Gasteiger partial charge < -0.3 is 15.0 Å². The van der Waals surface area contributed by atoms with Gasteiger partial charge in [0.2, 0.25) is 5.95 Å². The average Bonchev–Trinajstić information content (AvgIpc) is 2.66. The van der Waals surface area contributed by atoms with Gasteiger partial charge in [-0.15, -0.1) is 0 Å². The van der Waals surface area contributed by atoms with Gasteiger partial charge in [-0.1, -0.05) is 6.07 Å². The molecule has 0 radical (unpaired) electrons. The maximum Gasteiger partial charge on any atom is 0.229 e. The van der Waals surface area contributed by atoms with Crippen molar-refractivity contribution >= 4 is 17.5 Å². The molecule has 0 spiro atoms. The molecule has 140 valence electrons. The molecule has 6 heteroatoms. The second kappa shape index (κ2) is 8.49. The van der Waals surface area contributed by atoms with Gasteiger partial charge in [0.1, 0.15) is 11.6 Å². The van der Waals surface area contributed by atoms with Crippen LogP contribution in [0.4, 0.5) is 17.5 Å². The van der Waals surface area contributed by atoms with Gasteiger partial charge in [-0.2, -0.15) is 4.98 Å². The van der Waals surface area contributed by atoms with Crippen molar-refractivity contribution in [2.75, 3.05) is 30.9 Å². The summed E-state index contributed by atoms with van der Waals surface area (Å²) in [5.74, 6) is 2.20. The van der Waals surface area contributed by atoms with Gasteiger partial charge in [-0.3, -0.25) is 4.98 Å². The summed E-state index contributed by atoms with van der Waals surface area (Å²) in [6.45, 7) is 4.87. The second-order valence-corrected chi connectivity index (χ2v) is 6.55. The van der Waals surface area contributed by atoms with E-state index in [-0.39, 0.29) is 0 Å². The van der Waals surface area contributed by atoms with Crippen LogP contribution < -0.4 is 15.0 Å². The molecule has 0 saturated heterocycles. The zero-order valence-corrected chi connectivity index (χ0v) is 16.2. The van der Waals surface area contributed by atoms with E-state index in [1.54, 1.807) is 7.11 Å². The molecule has 6 nitrogen and oxygen atoms in total. The summed E-state index contributed by atoms with van der Waals surface area (Å²) in [6.07, 6.45) is 4.57. The molecule has 3 aromatic rings. The van der Waals surface area contributed by atoms with Crippen LogP contribution in [0, 0.1) is 13.8 Å². The van der Waals surface area contributed by atoms with E-state index in [1.165, 1.54) is 5.56 Å². The van der Waals surface area contributed by atoms with Crippen LogP contribution in [-0.4, -0.2) is 35.7 Å². The Morgan fingerprint density at radius 2 is 1.81 bits per heavy atom. The van der Waals surface area contributed by atoms with Gasteiger partial charge in [-0.05, 0) is 55.7 Å². The summed E-state index contributed by atoms with van der Waals surface area (Å²) in [5.41, 5.74) is 4.16. The first kappa shape index (κ1) is 18.6. The highest BCUT2D eigenvalue weighted by Gasteiger charge is 2.10. The highest BCUT2D eigenvalue weighted by molar-refractivity contribution is 5.64. The van der Waals surface area contributed by atoms with Crippen LogP contribution in [0.1, 0.15) is 16.8 Å². The molecule has 0 bridgehead atoms. The van der Waals surface area contributed by atoms with E-state index in [9.17, 15) is 0 Å². The maximum absolute atomic E-state index is 5.43. The number of ether oxygens (including phenoxy) is 1. The van der Waals surface area contributed by atoms with Crippen molar-refractivity contribution in [3.8, 4) is 5.75 Å². The fourth-order valence-electron chi connectivity index (χ4n) is 2.80. The Morgan fingerprint density at radius 1 is 1.04 bits per heavy atom. The minimum Gasteiger partial charge on any atom is -0.495 e. The van der Waals surface area contributed by atoms with Gasteiger partial charge >= 0.3 is 0 Å². The first-order valence-electron chi connectivity index (χ1n) is 8.92. The number of hydrogen-bond donors (Lipinski definition) is 1. The number of rotatable bonds is 7. The summed E-state index contributed by atoms with van der Waals surface area (Å²) >= 11 is 0. The zero-order chi connectivity index (χ0) is 19.2. The highest BCUT2D eigenvalue weighted by Crippen LogP contribution is 2.28. The van der Waals surface area contributed by atoms with Crippen molar-refractivity contribution in [3.05, 3.63) is 65.6 Å². The largest absolute Gasteiger partial charge is 0.495 e. The molecule has 2 aromatic heterocycles. The Bertz CT molecular complexity index is 898. The van der Waals surface area contributed by atoms with Gasteiger partial charge in [-0.25, -0.2) is 4.98 Å². The van der Waals surface area contributed by atoms with E-state index >= 15 is 0 Å². The molecule has 0 unspecified atom stereocenters. The first-order valence-corrected chi connectivity index (χ1v) is 8.92. The topological polar surface area (TPSA) is 63.2 Å². The fourth-order valence-corrected chi connectivity index (χ4v) is 2.80. The van der Waals surface area contributed by atoms with E-state index in [4.69, 9.17) is 4.74 Å². The van der Waals surface area contributed by atoms with E-state index in [1.807, 2.05) is 69.7 Å². The molecule has 1 N–H and O–H groups in total. The quantitative estimate of drug-likeness (QED) is 0.686. The minimum absolute atomic E-state index is 0.560. The standard InChI is InChI=1S/C21H25N5O/c1-15-5-6-19(27-4)18(13-15)24-21-23-16(2)14-20(25-21)26(3)12-9-17-7-10-22-11-8-17/h5-8,10-11,13-14H,9,12H2,1-4H3,(H,23,24,25). The van der Waals surface area contributed by atoms with Crippen LogP contribution in [0.5, 0.6) is 5.75 Å². The Kier molecular flexibility index (Phi) is 5.86. The van der Waals surface area contributed by atoms with Gasteiger partial charge in [0, 0.05) is 37.7 Å².